The van der Waals surface area contributed by atoms with Crippen molar-refractivity contribution in [2.24, 2.45) is 0 Å². The van der Waals surface area contributed by atoms with E-state index in [1.165, 1.54) is 7.11 Å². The maximum atomic E-state index is 12.1. The summed E-state index contributed by atoms with van der Waals surface area (Å²) in [5.74, 6) is 0.165. The van der Waals surface area contributed by atoms with Crippen LogP contribution in [0.2, 0.25) is 0 Å². The Morgan fingerprint density at radius 2 is 1.81 bits per heavy atom. The van der Waals surface area contributed by atoms with E-state index in [1.807, 2.05) is 48.5 Å². The average molecular weight is 469 g/mol. The molecule has 0 aliphatic rings. The van der Waals surface area contributed by atoms with Gasteiger partial charge in [0, 0.05) is 6.42 Å². The summed E-state index contributed by atoms with van der Waals surface area (Å²) < 4.78 is 16.1. The first-order valence-electron chi connectivity index (χ1n) is 7.91. The number of hydrogen-bond acceptors (Lipinski definition) is 5. The Hall–Kier alpha value is -2.29. The Bertz CT molecular complexity index is 751. The zero-order valence-electron chi connectivity index (χ0n) is 14.5. The predicted octanol–water partition coefficient (Wildman–Crippen LogP) is 3.31. The lowest BCUT2D eigenvalue weighted by Crippen LogP contribution is -2.43. The number of carbonyl (C=O) groups is 2. The molecule has 0 aliphatic carbocycles. The number of nitrogens with one attached hydrogen (secondary N) is 1. The summed E-state index contributed by atoms with van der Waals surface area (Å²) in [6, 6.07) is 14.0. The van der Waals surface area contributed by atoms with Crippen molar-refractivity contribution in [3.8, 4) is 5.75 Å². The molecule has 1 amide bonds. The van der Waals surface area contributed by atoms with E-state index in [0.29, 0.717) is 5.75 Å². The van der Waals surface area contributed by atoms with Crippen LogP contribution in [-0.2, 0) is 27.3 Å². The summed E-state index contributed by atoms with van der Waals surface area (Å²) in [6.07, 6.45) is -0.412. The summed E-state index contributed by atoms with van der Waals surface area (Å²) in [6.45, 7) is 0.122. The van der Waals surface area contributed by atoms with Gasteiger partial charge in [0.2, 0.25) is 0 Å². The molecule has 2 rings (SSSR count). The second-order valence-corrected chi connectivity index (χ2v) is 6.50. The molecule has 0 bridgehead atoms. The van der Waals surface area contributed by atoms with Gasteiger partial charge in [-0.3, -0.25) is 0 Å². The second kappa shape index (κ2) is 10.0. The van der Waals surface area contributed by atoms with Gasteiger partial charge in [-0.15, -0.1) is 0 Å². The molecule has 0 unspecified atom stereocenters. The van der Waals surface area contributed by atoms with Crippen molar-refractivity contribution in [1.29, 1.82) is 0 Å². The number of methoxy groups -OCH3 is 2. The van der Waals surface area contributed by atoms with Gasteiger partial charge < -0.3 is 19.5 Å². The van der Waals surface area contributed by atoms with Crippen LogP contribution in [0.5, 0.6) is 5.75 Å². The molecule has 1 atom stereocenters. The van der Waals surface area contributed by atoms with Crippen LogP contribution >= 0.6 is 22.6 Å². The minimum absolute atomic E-state index is 0.122. The lowest BCUT2D eigenvalue weighted by atomic mass is 10.1. The van der Waals surface area contributed by atoms with Gasteiger partial charge in [-0.05, 0) is 39.8 Å². The zero-order valence-corrected chi connectivity index (χ0v) is 16.7. The third-order valence-electron chi connectivity index (χ3n) is 3.68. The van der Waals surface area contributed by atoms with E-state index in [2.05, 4.69) is 27.9 Å². The first kappa shape index (κ1) is 20.0. The molecular formula is C19H20INO5. The molecule has 138 valence electrons. The van der Waals surface area contributed by atoms with Crippen molar-refractivity contribution >= 4 is 34.7 Å². The third kappa shape index (κ3) is 5.62. The maximum absolute atomic E-state index is 12.1. The van der Waals surface area contributed by atoms with Crippen LogP contribution in [0, 0.1) is 3.57 Å². The molecule has 0 saturated heterocycles. The molecule has 0 spiro atoms. The highest BCUT2D eigenvalue weighted by Crippen LogP contribution is 2.25. The van der Waals surface area contributed by atoms with Crippen LogP contribution in [0.4, 0.5) is 4.79 Å². The van der Waals surface area contributed by atoms with Crippen LogP contribution in [0.3, 0.4) is 0 Å². The van der Waals surface area contributed by atoms with Gasteiger partial charge in [-0.2, -0.15) is 0 Å². The lowest BCUT2D eigenvalue weighted by Gasteiger charge is -2.18. The molecule has 26 heavy (non-hydrogen) atoms. The van der Waals surface area contributed by atoms with Gasteiger partial charge in [-0.25, -0.2) is 9.59 Å². The molecule has 0 saturated carbocycles. The van der Waals surface area contributed by atoms with Crippen molar-refractivity contribution in [2.75, 3.05) is 14.2 Å². The molecule has 0 aliphatic heterocycles. The number of rotatable bonds is 7. The van der Waals surface area contributed by atoms with Crippen LogP contribution < -0.4 is 10.1 Å². The smallest absolute Gasteiger partial charge is 0.408 e. The van der Waals surface area contributed by atoms with Crippen molar-refractivity contribution in [3.05, 3.63) is 63.2 Å². The number of alkyl carbamates (subject to hydrolysis) is 1. The number of esters is 1. The fraction of sp³-hybridized carbons (Fsp3) is 0.263. The predicted molar refractivity (Wildman–Crippen MR) is 105 cm³/mol. The van der Waals surface area contributed by atoms with Gasteiger partial charge in [0.05, 0.1) is 17.8 Å². The van der Waals surface area contributed by atoms with E-state index >= 15 is 0 Å². The Labute approximate surface area is 166 Å². The molecule has 2 aromatic carbocycles. The highest BCUT2D eigenvalue weighted by Gasteiger charge is 2.24. The van der Waals surface area contributed by atoms with E-state index in [9.17, 15) is 9.59 Å². The lowest BCUT2D eigenvalue weighted by molar-refractivity contribution is -0.143. The molecule has 0 aromatic heterocycles. The number of amides is 1. The number of ether oxygens (including phenoxy) is 3. The quantitative estimate of drug-likeness (QED) is 0.498. The monoisotopic (exact) mass is 469 g/mol. The van der Waals surface area contributed by atoms with Gasteiger partial charge in [0.15, 0.2) is 0 Å². The molecule has 0 fully saturated rings. The molecule has 0 heterocycles. The summed E-state index contributed by atoms with van der Waals surface area (Å²) in [4.78, 5) is 24.1. The minimum atomic E-state index is -0.858. The molecule has 6 nitrogen and oxygen atoms in total. The summed E-state index contributed by atoms with van der Waals surface area (Å²) >= 11 is 2.15. The fourth-order valence-corrected chi connectivity index (χ4v) is 3.13. The number of benzene rings is 2. The first-order valence-corrected chi connectivity index (χ1v) is 8.99. The van der Waals surface area contributed by atoms with Gasteiger partial charge >= 0.3 is 12.1 Å². The maximum Gasteiger partial charge on any atom is 0.408 e. The molecule has 2 aromatic rings. The van der Waals surface area contributed by atoms with E-state index in [-0.39, 0.29) is 13.0 Å². The van der Waals surface area contributed by atoms with Crippen LogP contribution in [-0.4, -0.2) is 32.3 Å². The van der Waals surface area contributed by atoms with Crippen molar-refractivity contribution < 1.29 is 23.8 Å². The standard InChI is InChI=1S/C19H20INO5/c1-24-16-10-6-9-14(17(16)20)11-15(18(22)25-2)21-19(23)26-12-13-7-4-3-5-8-13/h3-10,15H,11-12H2,1-2H3,(H,21,23)/t15-/m0/s1. The van der Waals surface area contributed by atoms with Crippen LogP contribution in [0.25, 0.3) is 0 Å². The summed E-state index contributed by atoms with van der Waals surface area (Å²) in [7, 11) is 2.86. The highest BCUT2D eigenvalue weighted by atomic mass is 127. The molecule has 1 N–H and O–H groups in total. The Balaban J connectivity index is 2.03. The van der Waals surface area contributed by atoms with Gasteiger partial charge in [0.25, 0.3) is 0 Å². The molecular weight excluding hydrogens is 449 g/mol. The van der Waals surface area contributed by atoms with Gasteiger partial charge in [0.1, 0.15) is 18.4 Å². The topological polar surface area (TPSA) is 73.9 Å². The van der Waals surface area contributed by atoms with E-state index in [4.69, 9.17) is 14.2 Å². The zero-order chi connectivity index (χ0) is 18.9. The van der Waals surface area contributed by atoms with Crippen molar-refractivity contribution in [2.45, 2.75) is 19.1 Å². The minimum Gasteiger partial charge on any atom is -0.496 e. The molecule has 0 radical (unpaired) electrons. The van der Waals surface area contributed by atoms with E-state index in [0.717, 1.165) is 14.7 Å². The normalized spacial score (nSPS) is 11.3. The second-order valence-electron chi connectivity index (χ2n) is 5.42. The summed E-state index contributed by atoms with van der Waals surface area (Å²) in [5, 5.41) is 2.57. The van der Waals surface area contributed by atoms with Crippen molar-refractivity contribution in [3.63, 3.8) is 0 Å². The van der Waals surface area contributed by atoms with E-state index in [1.54, 1.807) is 7.11 Å². The van der Waals surface area contributed by atoms with Gasteiger partial charge in [-0.1, -0.05) is 42.5 Å². The SMILES string of the molecule is COC(=O)[C@H](Cc1cccc(OC)c1I)NC(=O)OCc1ccccc1. The third-order valence-corrected chi connectivity index (χ3v) is 4.90. The number of hydrogen-bond donors (Lipinski definition) is 1. The Kier molecular flexibility index (Phi) is 7.71. The van der Waals surface area contributed by atoms with Crippen LogP contribution in [0.1, 0.15) is 11.1 Å². The summed E-state index contributed by atoms with van der Waals surface area (Å²) in [5.41, 5.74) is 1.73. The largest absolute Gasteiger partial charge is 0.496 e. The average Bonchev–Trinajstić information content (AvgIpc) is 2.67. The fourth-order valence-electron chi connectivity index (χ4n) is 2.33. The highest BCUT2D eigenvalue weighted by molar-refractivity contribution is 14.1. The van der Waals surface area contributed by atoms with Crippen molar-refractivity contribution in [1.82, 2.24) is 5.32 Å². The number of carbonyl (C=O) groups excluding carboxylic acids is 2. The van der Waals surface area contributed by atoms with E-state index < -0.39 is 18.1 Å². The molecule has 7 heteroatoms. The van der Waals surface area contributed by atoms with Crippen LogP contribution in [0.15, 0.2) is 48.5 Å². The Morgan fingerprint density at radius 3 is 2.46 bits per heavy atom. The number of halogens is 1. The first-order chi connectivity index (χ1) is 12.5. The Morgan fingerprint density at radius 1 is 1.08 bits per heavy atom.